The molecule has 0 N–H and O–H groups in total. The second-order valence-corrected chi connectivity index (χ2v) is 2.66. The fourth-order valence-electron chi connectivity index (χ4n) is 0.857. The molecule has 0 aliphatic heterocycles. The Labute approximate surface area is 69.7 Å². The minimum Gasteiger partial charge on any atom is -0.198 e. The van der Waals surface area contributed by atoms with Crippen LogP contribution in [-0.2, 0) is 0 Å². The maximum absolute atomic E-state index is 8.23. The highest BCUT2D eigenvalue weighted by molar-refractivity contribution is 4.82. The summed E-state index contributed by atoms with van der Waals surface area (Å²) in [6.07, 6.45) is 10.9. The molecular weight excluding hydrogens is 134 g/mol. The summed E-state index contributed by atoms with van der Waals surface area (Å²) in [5.74, 6) is 0. The van der Waals surface area contributed by atoms with Gasteiger partial charge in [-0.1, -0.05) is 31.9 Å². The molecule has 0 rings (SSSR count). The van der Waals surface area contributed by atoms with Crippen molar-refractivity contribution in [2.45, 2.75) is 45.4 Å². The number of rotatable bonds is 6. The molecule has 0 spiro atoms. The lowest BCUT2D eigenvalue weighted by Crippen LogP contribution is -1.70. The van der Waals surface area contributed by atoms with Crippen LogP contribution in [0.3, 0.4) is 0 Å². The SMILES string of the molecule is CCCC/C=C/CCCC#N. The number of unbranched alkanes of at least 4 members (excludes halogenated alkanes) is 4. The Bertz CT molecular complexity index is 130. The molecule has 0 radical (unpaired) electrons. The number of nitriles is 1. The van der Waals surface area contributed by atoms with Gasteiger partial charge in [-0.3, -0.25) is 0 Å². The third kappa shape index (κ3) is 9.23. The van der Waals surface area contributed by atoms with E-state index in [4.69, 9.17) is 5.26 Å². The summed E-state index contributed by atoms with van der Waals surface area (Å²) in [5, 5.41) is 8.23. The van der Waals surface area contributed by atoms with Gasteiger partial charge < -0.3 is 0 Å². The largest absolute Gasteiger partial charge is 0.198 e. The van der Waals surface area contributed by atoms with Crippen molar-refractivity contribution in [3.05, 3.63) is 12.2 Å². The monoisotopic (exact) mass is 151 g/mol. The van der Waals surface area contributed by atoms with Crippen molar-refractivity contribution in [2.75, 3.05) is 0 Å². The lowest BCUT2D eigenvalue weighted by atomic mass is 10.2. The van der Waals surface area contributed by atoms with E-state index in [-0.39, 0.29) is 0 Å². The normalized spacial score (nSPS) is 10.2. The molecule has 0 saturated carbocycles. The summed E-state index contributed by atoms with van der Waals surface area (Å²) in [5.41, 5.74) is 0. The van der Waals surface area contributed by atoms with Crippen molar-refractivity contribution in [1.29, 1.82) is 5.26 Å². The molecule has 0 aliphatic rings. The number of hydrogen-bond donors (Lipinski definition) is 0. The van der Waals surface area contributed by atoms with E-state index < -0.39 is 0 Å². The molecule has 0 aliphatic carbocycles. The first-order valence-electron chi connectivity index (χ1n) is 4.43. The molecule has 1 heteroatoms. The van der Waals surface area contributed by atoms with E-state index in [9.17, 15) is 0 Å². The molecule has 0 bridgehead atoms. The van der Waals surface area contributed by atoms with Gasteiger partial charge >= 0.3 is 0 Å². The minimum absolute atomic E-state index is 0.693. The Morgan fingerprint density at radius 1 is 1.18 bits per heavy atom. The molecule has 0 unspecified atom stereocenters. The first-order chi connectivity index (χ1) is 5.41. The van der Waals surface area contributed by atoms with Crippen LogP contribution in [0.1, 0.15) is 45.4 Å². The Hall–Kier alpha value is -0.770. The average Bonchev–Trinajstić information content (AvgIpc) is 2.03. The Morgan fingerprint density at radius 3 is 2.36 bits per heavy atom. The summed E-state index contributed by atoms with van der Waals surface area (Å²) in [6, 6.07) is 2.14. The lowest BCUT2D eigenvalue weighted by molar-refractivity contribution is 0.806. The molecule has 0 heterocycles. The van der Waals surface area contributed by atoms with Gasteiger partial charge in [-0.2, -0.15) is 5.26 Å². The third-order valence-corrected chi connectivity index (χ3v) is 1.55. The topological polar surface area (TPSA) is 23.8 Å². The molecule has 0 saturated heterocycles. The van der Waals surface area contributed by atoms with Gasteiger partial charge in [0, 0.05) is 6.42 Å². The van der Waals surface area contributed by atoms with Gasteiger partial charge in [0.25, 0.3) is 0 Å². The van der Waals surface area contributed by atoms with E-state index in [1.54, 1.807) is 0 Å². The van der Waals surface area contributed by atoms with Crippen LogP contribution in [0, 0.1) is 11.3 Å². The van der Waals surface area contributed by atoms with E-state index in [0.29, 0.717) is 6.42 Å². The van der Waals surface area contributed by atoms with Crippen LogP contribution in [0.5, 0.6) is 0 Å². The molecule has 0 atom stereocenters. The van der Waals surface area contributed by atoms with Crippen molar-refractivity contribution in [3.8, 4) is 6.07 Å². The van der Waals surface area contributed by atoms with Gasteiger partial charge in [0.15, 0.2) is 0 Å². The highest BCUT2D eigenvalue weighted by atomic mass is 14.2. The zero-order chi connectivity index (χ0) is 8.36. The maximum atomic E-state index is 8.23. The molecule has 0 amide bonds. The van der Waals surface area contributed by atoms with Gasteiger partial charge in [-0.15, -0.1) is 0 Å². The molecular formula is C10H17N. The molecule has 0 fully saturated rings. The van der Waals surface area contributed by atoms with Crippen LogP contribution in [0.4, 0.5) is 0 Å². The Balaban J connectivity index is 2.98. The second kappa shape index (κ2) is 9.23. The third-order valence-electron chi connectivity index (χ3n) is 1.55. The van der Waals surface area contributed by atoms with Crippen LogP contribution in [0.25, 0.3) is 0 Å². The fourth-order valence-corrected chi connectivity index (χ4v) is 0.857. The van der Waals surface area contributed by atoms with Crippen molar-refractivity contribution in [1.82, 2.24) is 0 Å². The van der Waals surface area contributed by atoms with E-state index >= 15 is 0 Å². The second-order valence-electron chi connectivity index (χ2n) is 2.66. The number of hydrogen-bond acceptors (Lipinski definition) is 1. The zero-order valence-corrected chi connectivity index (χ0v) is 7.34. The quantitative estimate of drug-likeness (QED) is 0.421. The molecule has 0 aromatic rings. The zero-order valence-electron chi connectivity index (χ0n) is 7.34. The van der Waals surface area contributed by atoms with Gasteiger partial charge in [0.05, 0.1) is 6.07 Å². The van der Waals surface area contributed by atoms with E-state index in [0.717, 1.165) is 12.8 Å². The number of nitrogens with zero attached hydrogens (tertiary/aromatic N) is 1. The average molecular weight is 151 g/mol. The molecule has 0 aromatic heterocycles. The summed E-state index contributed by atoms with van der Waals surface area (Å²) >= 11 is 0. The van der Waals surface area contributed by atoms with Gasteiger partial charge in [-0.25, -0.2) is 0 Å². The maximum Gasteiger partial charge on any atom is 0.0621 e. The van der Waals surface area contributed by atoms with Crippen LogP contribution < -0.4 is 0 Å². The number of allylic oxidation sites excluding steroid dienone is 2. The fraction of sp³-hybridized carbons (Fsp3) is 0.700. The Kier molecular flexibility index (Phi) is 8.58. The van der Waals surface area contributed by atoms with E-state index in [2.05, 4.69) is 25.1 Å². The minimum atomic E-state index is 0.693. The molecule has 0 aromatic carbocycles. The van der Waals surface area contributed by atoms with Crippen molar-refractivity contribution >= 4 is 0 Å². The summed E-state index contributed by atoms with van der Waals surface area (Å²) < 4.78 is 0. The molecule has 62 valence electrons. The molecule has 1 nitrogen and oxygen atoms in total. The summed E-state index contributed by atoms with van der Waals surface area (Å²) in [6.45, 7) is 2.20. The van der Waals surface area contributed by atoms with Crippen LogP contribution in [0.15, 0.2) is 12.2 Å². The van der Waals surface area contributed by atoms with Crippen molar-refractivity contribution < 1.29 is 0 Å². The highest BCUT2D eigenvalue weighted by Gasteiger charge is 1.81. The first kappa shape index (κ1) is 10.2. The van der Waals surface area contributed by atoms with E-state index in [1.807, 2.05) is 0 Å². The van der Waals surface area contributed by atoms with Gasteiger partial charge in [-0.05, 0) is 19.3 Å². The standard InChI is InChI=1S/C10H17N/c1-2-3-4-5-6-7-8-9-10-11/h5-6H,2-4,7-9H2,1H3/b6-5+. The predicted molar refractivity (Wildman–Crippen MR) is 48.1 cm³/mol. The van der Waals surface area contributed by atoms with Crippen LogP contribution in [-0.4, -0.2) is 0 Å². The van der Waals surface area contributed by atoms with Gasteiger partial charge in [0.1, 0.15) is 0 Å². The van der Waals surface area contributed by atoms with E-state index in [1.165, 1.54) is 19.3 Å². The van der Waals surface area contributed by atoms with Crippen molar-refractivity contribution in [3.63, 3.8) is 0 Å². The molecule has 11 heavy (non-hydrogen) atoms. The first-order valence-corrected chi connectivity index (χ1v) is 4.43. The van der Waals surface area contributed by atoms with Gasteiger partial charge in [0.2, 0.25) is 0 Å². The summed E-state index contributed by atoms with van der Waals surface area (Å²) in [4.78, 5) is 0. The van der Waals surface area contributed by atoms with Crippen molar-refractivity contribution in [2.24, 2.45) is 0 Å². The summed E-state index contributed by atoms with van der Waals surface area (Å²) in [7, 11) is 0. The van der Waals surface area contributed by atoms with Crippen LogP contribution >= 0.6 is 0 Å². The highest BCUT2D eigenvalue weighted by Crippen LogP contribution is 1.99. The Morgan fingerprint density at radius 2 is 1.82 bits per heavy atom. The smallest absolute Gasteiger partial charge is 0.0621 e. The predicted octanol–water partition coefficient (Wildman–Crippen LogP) is 3.43. The lowest BCUT2D eigenvalue weighted by Gasteiger charge is -1.88. The van der Waals surface area contributed by atoms with Crippen LogP contribution in [0.2, 0.25) is 0 Å².